The number of benzene rings is 1. The van der Waals surface area contributed by atoms with E-state index in [4.69, 9.17) is 0 Å². The molecule has 0 aliphatic heterocycles. The summed E-state index contributed by atoms with van der Waals surface area (Å²) in [5.41, 5.74) is 3.77. The molecule has 0 radical (unpaired) electrons. The summed E-state index contributed by atoms with van der Waals surface area (Å²) in [5, 5.41) is 6.01. The molecule has 1 heteroatoms. The number of hydrogen-bond acceptors (Lipinski definition) is 1. The van der Waals surface area contributed by atoms with Crippen LogP contribution in [0.3, 0.4) is 0 Å². The first-order chi connectivity index (χ1) is 9.27. The summed E-state index contributed by atoms with van der Waals surface area (Å²) in [6.07, 6.45) is 14.9. The monoisotopic (exact) mass is 251 g/mol. The van der Waals surface area contributed by atoms with Crippen molar-refractivity contribution in [2.24, 2.45) is 0 Å². The highest BCUT2D eigenvalue weighted by molar-refractivity contribution is 5.77. The fourth-order valence-corrected chi connectivity index (χ4v) is 2.50. The summed E-state index contributed by atoms with van der Waals surface area (Å²) in [6.45, 7) is 5.85. The first kappa shape index (κ1) is 13.4. The van der Waals surface area contributed by atoms with Gasteiger partial charge in [0.2, 0.25) is 0 Å². The summed E-state index contributed by atoms with van der Waals surface area (Å²) in [4.78, 5) is 0. The Morgan fingerprint density at radius 1 is 1.21 bits per heavy atom. The van der Waals surface area contributed by atoms with Crippen LogP contribution in [0.15, 0.2) is 43.0 Å². The van der Waals surface area contributed by atoms with E-state index in [0.717, 1.165) is 12.8 Å². The van der Waals surface area contributed by atoms with Crippen LogP contribution in [0.4, 0.5) is 5.69 Å². The Hall–Kier alpha value is -2.02. The second-order valence-electron chi connectivity index (χ2n) is 4.70. The minimum absolute atomic E-state index is 1.13. The number of rotatable bonds is 4. The lowest BCUT2D eigenvalue weighted by atomic mass is 9.96. The van der Waals surface area contributed by atoms with Crippen LogP contribution in [0.1, 0.15) is 25.3 Å². The van der Waals surface area contributed by atoms with Crippen LogP contribution in [0.5, 0.6) is 0 Å². The van der Waals surface area contributed by atoms with Crippen molar-refractivity contribution in [1.29, 1.82) is 0 Å². The van der Waals surface area contributed by atoms with Crippen LogP contribution in [0, 0.1) is 0 Å². The predicted octanol–water partition coefficient (Wildman–Crippen LogP) is 3.23. The van der Waals surface area contributed by atoms with Gasteiger partial charge in [-0.3, -0.25) is 0 Å². The Labute approximate surface area is 115 Å². The molecule has 0 heterocycles. The third kappa shape index (κ3) is 2.87. The van der Waals surface area contributed by atoms with Gasteiger partial charge in [-0.15, -0.1) is 0 Å². The van der Waals surface area contributed by atoms with Crippen molar-refractivity contribution < 1.29 is 0 Å². The van der Waals surface area contributed by atoms with Crippen LogP contribution in [-0.4, -0.2) is 7.05 Å². The quantitative estimate of drug-likeness (QED) is 0.810. The molecule has 1 aromatic carbocycles. The van der Waals surface area contributed by atoms with Gasteiger partial charge in [-0.05, 0) is 41.8 Å². The third-order valence-corrected chi connectivity index (χ3v) is 3.42. The number of nitrogens with one attached hydrogen (secondary N) is 1. The van der Waals surface area contributed by atoms with Gasteiger partial charge in [0, 0.05) is 18.3 Å². The van der Waals surface area contributed by atoms with E-state index in [0.29, 0.717) is 0 Å². The molecule has 0 saturated heterocycles. The Bertz CT molecular complexity index is 645. The minimum atomic E-state index is 1.13. The molecular formula is C18H21N. The molecule has 1 aliphatic carbocycles. The van der Waals surface area contributed by atoms with Crippen molar-refractivity contribution in [3.8, 4) is 0 Å². The average Bonchev–Trinajstić information content (AvgIpc) is 2.46. The molecule has 1 nitrogen and oxygen atoms in total. The van der Waals surface area contributed by atoms with E-state index in [2.05, 4.69) is 49.2 Å². The zero-order valence-electron chi connectivity index (χ0n) is 11.7. The van der Waals surface area contributed by atoms with Crippen molar-refractivity contribution in [1.82, 2.24) is 0 Å². The van der Waals surface area contributed by atoms with E-state index in [1.165, 1.54) is 27.3 Å². The fraction of sp³-hybridized carbons (Fsp3) is 0.222. The molecule has 0 spiro atoms. The van der Waals surface area contributed by atoms with Gasteiger partial charge < -0.3 is 5.32 Å². The van der Waals surface area contributed by atoms with Crippen molar-refractivity contribution >= 4 is 23.4 Å². The Kier molecular flexibility index (Phi) is 4.40. The average molecular weight is 251 g/mol. The first-order valence-corrected chi connectivity index (χ1v) is 6.75. The van der Waals surface area contributed by atoms with Crippen LogP contribution in [0.25, 0.3) is 17.7 Å². The predicted molar refractivity (Wildman–Crippen MR) is 86.4 cm³/mol. The lowest BCUT2D eigenvalue weighted by Gasteiger charge is -2.13. The second-order valence-corrected chi connectivity index (χ2v) is 4.70. The maximum absolute atomic E-state index is 3.69. The summed E-state index contributed by atoms with van der Waals surface area (Å²) in [5.74, 6) is 0. The molecule has 0 aromatic heterocycles. The summed E-state index contributed by atoms with van der Waals surface area (Å²) >= 11 is 0. The van der Waals surface area contributed by atoms with Gasteiger partial charge in [0.05, 0.1) is 0 Å². The number of hydrogen-bond donors (Lipinski definition) is 1. The van der Waals surface area contributed by atoms with E-state index in [-0.39, 0.29) is 0 Å². The fourth-order valence-electron chi connectivity index (χ4n) is 2.50. The van der Waals surface area contributed by atoms with E-state index in [9.17, 15) is 0 Å². The van der Waals surface area contributed by atoms with Gasteiger partial charge in [0.1, 0.15) is 0 Å². The molecule has 0 saturated carbocycles. The van der Waals surface area contributed by atoms with E-state index < -0.39 is 0 Å². The zero-order chi connectivity index (χ0) is 13.7. The maximum atomic E-state index is 3.69. The first-order valence-electron chi connectivity index (χ1n) is 6.75. The molecule has 0 bridgehead atoms. The van der Waals surface area contributed by atoms with Crippen LogP contribution >= 0.6 is 0 Å². The van der Waals surface area contributed by atoms with Gasteiger partial charge in [-0.2, -0.15) is 0 Å². The molecule has 0 atom stereocenters. The zero-order valence-corrected chi connectivity index (χ0v) is 11.7. The van der Waals surface area contributed by atoms with Crippen molar-refractivity contribution in [3.05, 3.63) is 59.0 Å². The van der Waals surface area contributed by atoms with Crippen LogP contribution in [0.2, 0.25) is 0 Å². The number of anilines is 1. The van der Waals surface area contributed by atoms with Crippen LogP contribution in [-0.2, 0) is 0 Å². The largest absolute Gasteiger partial charge is 0.388 e. The number of fused-ring (bicyclic) bond motifs is 1. The van der Waals surface area contributed by atoms with E-state index in [1.54, 1.807) is 6.08 Å². The molecule has 1 aliphatic rings. The standard InChI is InChI=1S/C18H21N/c1-4-5-6-9-14(2)18-16-11-8-7-10-15(16)12-13-17(18)19-3/h4-6,9-13,19H,1,7-8H2,2-3H3/b6-5-,14-9+. The molecule has 0 fully saturated rings. The highest BCUT2D eigenvalue weighted by atomic mass is 14.8. The highest BCUT2D eigenvalue weighted by Crippen LogP contribution is 2.19. The second kappa shape index (κ2) is 6.24. The molecule has 0 unspecified atom stereocenters. The van der Waals surface area contributed by atoms with Gasteiger partial charge >= 0.3 is 0 Å². The lowest BCUT2D eigenvalue weighted by Crippen LogP contribution is -2.30. The van der Waals surface area contributed by atoms with Crippen molar-refractivity contribution in [2.45, 2.75) is 19.8 Å². The van der Waals surface area contributed by atoms with Gasteiger partial charge in [-0.1, -0.05) is 49.1 Å². The summed E-state index contributed by atoms with van der Waals surface area (Å²) in [6, 6.07) is 4.37. The molecule has 2 rings (SSSR count). The lowest BCUT2D eigenvalue weighted by molar-refractivity contribution is 1.11. The SMILES string of the molecule is C=C/C=C\C=C(/C)c1c(NC)ccc2c1=CCCC=2. The molecule has 98 valence electrons. The normalized spacial score (nSPS) is 14.5. The van der Waals surface area contributed by atoms with E-state index in [1.807, 2.05) is 19.2 Å². The maximum Gasteiger partial charge on any atom is 0.0420 e. The summed E-state index contributed by atoms with van der Waals surface area (Å²) in [7, 11) is 1.98. The topological polar surface area (TPSA) is 12.0 Å². The van der Waals surface area contributed by atoms with Gasteiger partial charge in [0.25, 0.3) is 0 Å². The minimum Gasteiger partial charge on any atom is -0.388 e. The van der Waals surface area contributed by atoms with Gasteiger partial charge in [-0.25, -0.2) is 0 Å². The molecule has 19 heavy (non-hydrogen) atoms. The molecule has 0 amide bonds. The van der Waals surface area contributed by atoms with Crippen molar-refractivity contribution in [2.75, 3.05) is 12.4 Å². The molecular weight excluding hydrogens is 230 g/mol. The highest BCUT2D eigenvalue weighted by Gasteiger charge is 2.07. The summed E-state index contributed by atoms with van der Waals surface area (Å²) < 4.78 is 0. The third-order valence-electron chi connectivity index (χ3n) is 3.42. The smallest absolute Gasteiger partial charge is 0.0420 e. The van der Waals surface area contributed by atoms with E-state index >= 15 is 0 Å². The Balaban J connectivity index is 2.64. The van der Waals surface area contributed by atoms with Crippen molar-refractivity contribution in [3.63, 3.8) is 0 Å². The molecule has 1 aromatic rings. The van der Waals surface area contributed by atoms with Gasteiger partial charge in [0.15, 0.2) is 0 Å². The number of allylic oxidation sites excluding steroid dienone is 5. The Morgan fingerprint density at radius 2 is 2.00 bits per heavy atom. The van der Waals surface area contributed by atoms with Crippen LogP contribution < -0.4 is 15.8 Å². The Morgan fingerprint density at radius 3 is 2.74 bits per heavy atom. The molecule has 1 N–H and O–H groups in total.